The van der Waals surface area contributed by atoms with Crippen LogP contribution in [0.4, 0.5) is 5.95 Å². The van der Waals surface area contributed by atoms with Crippen molar-refractivity contribution in [2.24, 2.45) is 5.92 Å². The number of aliphatic hydroxyl groups is 1. The molecule has 0 saturated heterocycles. The third-order valence-electron chi connectivity index (χ3n) is 4.58. The van der Waals surface area contributed by atoms with Gasteiger partial charge in [0.25, 0.3) is 0 Å². The number of nitrogens with zero attached hydrogens (tertiary/aromatic N) is 4. The van der Waals surface area contributed by atoms with Crippen LogP contribution >= 0.6 is 0 Å². The monoisotopic (exact) mass is 351 g/mol. The maximum Gasteiger partial charge on any atom is 0.223 e. The molecule has 1 aliphatic carbocycles. The SMILES string of the molecule is O[C@@H]1CC(Cn2ccnc2)C[C@H]1Nc1ncc(Oc2ccccc2)cn1. The highest BCUT2D eigenvalue weighted by molar-refractivity contribution is 5.32. The molecule has 1 aromatic carbocycles. The highest BCUT2D eigenvalue weighted by atomic mass is 16.5. The zero-order valence-corrected chi connectivity index (χ0v) is 14.3. The van der Waals surface area contributed by atoms with Crippen LogP contribution in [0.25, 0.3) is 0 Å². The van der Waals surface area contributed by atoms with Gasteiger partial charge in [0.2, 0.25) is 5.95 Å². The standard InChI is InChI=1S/C19H21N5O2/c25-18-9-14(12-24-7-6-20-13-24)8-17(18)23-19-21-10-16(11-22-19)26-15-4-2-1-3-5-15/h1-7,10-11,13-14,17-18,25H,8-9,12H2,(H,21,22,23)/t14?,17-,18-/m1/s1. The Morgan fingerprint density at radius 2 is 1.92 bits per heavy atom. The van der Waals surface area contributed by atoms with E-state index in [-0.39, 0.29) is 6.04 Å². The summed E-state index contributed by atoms with van der Waals surface area (Å²) in [5.41, 5.74) is 0. The summed E-state index contributed by atoms with van der Waals surface area (Å²) in [6.07, 6.45) is 10.00. The molecular formula is C19H21N5O2. The maximum absolute atomic E-state index is 10.3. The Hall–Kier alpha value is -2.93. The molecule has 0 spiro atoms. The van der Waals surface area contributed by atoms with Gasteiger partial charge >= 0.3 is 0 Å². The summed E-state index contributed by atoms with van der Waals surface area (Å²) in [5, 5.41) is 13.6. The van der Waals surface area contributed by atoms with Gasteiger partial charge in [0.15, 0.2) is 5.75 Å². The topological polar surface area (TPSA) is 85.1 Å². The van der Waals surface area contributed by atoms with Gasteiger partial charge in [-0.1, -0.05) is 18.2 Å². The number of aliphatic hydroxyl groups excluding tert-OH is 1. The molecule has 3 atom stereocenters. The second-order valence-electron chi connectivity index (χ2n) is 6.57. The van der Waals surface area contributed by atoms with Crippen molar-refractivity contribution in [2.45, 2.75) is 31.5 Å². The molecular weight excluding hydrogens is 330 g/mol. The van der Waals surface area contributed by atoms with Crippen LogP contribution in [0.15, 0.2) is 61.4 Å². The van der Waals surface area contributed by atoms with Crippen LogP contribution in [0, 0.1) is 5.92 Å². The van der Waals surface area contributed by atoms with Crippen LogP contribution in [0.2, 0.25) is 0 Å². The van der Waals surface area contributed by atoms with E-state index in [9.17, 15) is 5.11 Å². The highest BCUT2D eigenvalue weighted by Crippen LogP contribution is 2.29. The molecule has 0 amide bonds. The smallest absolute Gasteiger partial charge is 0.223 e. The second kappa shape index (κ2) is 7.53. The molecule has 0 radical (unpaired) electrons. The Bertz CT molecular complexity index is 808. The predicted octanol–water partition coefficient (Wildman–Crippen LogP) is 2.72. The van der Waals surface area contributed by atoms with E-state index in [1.54, 1.807) is 18.6 Å². The number of para-hydroxylation sites is 1. The molecule has 7 heteroatoms. The zero-order valence-electron chi connectivity index (χ0n) is 14.3. The normalized spacial score (nSPS) is 22.3. The summed E-state index contributed by atoms with van der Waals surface area (Å²) in [4.78, 5) is 12.7. The van der Waals surface area contributed by atoms with E-state index in [1.807, 2.05) is 47.4 Å². The molecule has 7 nitrogen and oxygen atoms in total. The van der Waals surface area contributed by atoms with Crippen LogP contribution in [0.3, 0.4) is 0 Å². The minimum absolute atomic E-state index is 0.0515. The summed E-state index contributed by atoms with van der Waals surface area (Å²) in [6, 6.07) is 9.46. The lowest BCUT2D eigenvalue weighted by Crippen LogP contribution is -2.28. The van der Waals surface area contributed by atoms with Crippen molar-refractivity contribution in [3.8, 4) is 11.5 Å². The third-order valence-corrected chi connectivity index (χ3v) is 4.58. The number of nitrogens with one attached hydrogen (secondary N) is 1. The molecule has 2 aromatic heterocycles. The minimum Gasteiger partial charge on any atom is -0.454 e. The van der Waals surface area contributed by atoms with Gasteiger partial charge < -0.3 is 19.7 Å². The quantitative estimate of drug-likeness (QED) is 0.710. The Balaban J connectivity index is 1.33. The molecule has 2 heterocycles. The molecule has 1 fully saturated rings. The van der Waals surface area contributed by atoms with Crippen LogP contribution in [-0.4, -0.2) is 36.8 Å². The molecule has 0 bridgehead atoms. The fraction of sp³-hybridized carbons (Fsp3) is 0.316. The van der Waals surface area contributed by atoms with Gasteiger partial charge in [-0.3, -0.25) is 0 Å². The van der Waals surface area contributed by atoms with Crippen molar-refractivity contribution in [3.63, 3.8) is 0 Å². The number of anilines is 1. The average molecular weight is 351 g/mol. The summed E-state index contributed by atoms with van der Waals surface area (Å²) >= 11 is 0. The van der Waals surface area contributed by atoms with Crippen LogP contribution in [-0.2, 0) is 6.54 Å². The number of benzene rings is 1. The van der Waals surface area contributed by atoms with Crippen molar-refractivity contribution in [1.29, 1.82) is 0 Å². The van der Waals surface area contributed by atoms with Crippen molar-refractivity contribution >= 4 is 5.95 Å². The first-order valence-corrected chi connectivity index (χ1v) is 8.71. The van der Waals surface area contributed by atoms with Gasteiger partial charge in [-0.15, -0.1) is 0 Å². The van der Waals surface area contributed by atoms with E-state index < -0.39 is 6.10 Å². The molecule has 1 aliphatic rings. The van der Waals surface area contributed by atoms with Crippen LogP contribution in [0.1, 0.15) is 12.8 Å². The van der Waals surface area contributed by atoms with Gasteiger partial charge in [0.1, 0.15) is 5.75 Å². The fourth-order valence-electron chi connectivity index (χ4n) is 3.35. The lowest BCUT2D eigenvalue weighted by atomic mass is 10.1. The Morgan fingerprint density at radius 1 is 1.12 bits per heavy atom. The summed E-state index contributed by atoms with van der Waals surface area (Å²) in [6.45, 7) is 0.861. The molecule has 0 aliphatic heterocycles. The van der Waals surface area contributed by atoms with Gasteiger partial charge in [0.05, 0.1) is 30.9 Å². The molecule has 3 aromatic rings. The van der Waals surface area contributed by atoms with Crippen molar-refractivity contribution < 1.29 is 9.84 Å². The van der Waals surface area contributed by atoms with Gasteiger partial charge in [-0.2, -0.15) is 0 Å². The third kappa shape index (κ3) is 4.00. The van der Waals surface area contributed by atoms with E-state index in [4.69, 9.17) is 4.74 Å². The first-order chi connectivity index (χ1) is 12.8. The fourth-order valence-corrected chi connectivity index (χ4v) is 3.35. The van der Waals surface area contributed by atoms with E-state index >= 15 is 0 Å². The molecule has 1 unspecified atom stereocenters. The number of hydrogen-bond acceptors (Lipinski definition) is 6. The lowest BCUT2D eigenvalue weighted by Gasteiger charge is -2.16. The number of rotatable bonds is 6. The Labute approximate surface area is 151 Å². The Morgan fingerprint density at radius 3 is 2.65 bits per heavy atom. The van der Waals surface area contributed by atoms with E-state index in [0.29, 0.717) is 17.6 Å². The molecule has 4 rings (SSSR count). The largest absolute Gasteiger partial charge is 0.454 e. The molecule has 134 valence electrons. The van der Waals surface area contributed by atoms with Gasteiger partial charge in [-0.05, 0) is 30.9 Å². The molecule has 2 N–H and O–H groups in total. The second-order valence-corrected chi connectivity index (χ2v) is 6.57. The van der Waals surface area contributed by atoms with Crippen LogP contribution < -0.4 is 10.1 Å². The van der Waals surface area contributed by atoms with Crippen molar-refractivity contribution in [2.75, 3.05) is 5.32 Å². The number of imidazole rings is 1. The number of aromatic nitrogens is 4. The number of ether oxygens (including phenoxy) is 1. The highest BCUT2D eigenvalue weighted by Gasteiger charge is 2.33. The maximum atomic E-state index is 10.3. The van der Waals surface area contributed by atoms with Crippen molar-refractivity contribution in [1.82, 2.24) is 19.5 Å². The van der Waals surface area contributed by atoms with Crippen LogP contribution in [0.5, 0.6) is 11.5 Å². The van der Waals surface area contributed by atoms with Crippen molar-refractivity contribution in [3.05, 3.63) is 61.4 Å². The average Bonchev–Trinajstić information content (AvgIpc) is 3.28. The molecule has 1 saturated carbocycles. The van der Waals surface area contributed by atoms with Gasteiger partial charge in [-0.25, -0.2) is 15.0 Å². The number of hydrogen-bond donors (Lipinski definition) is 2. The minimum atomic E-state index is -0.410. The molecule has 26 heavy (non-hydrogen) atoms. The lowest BCUT2D eigenvalue weighted by molar-refractivity contribution is 0.166. The first kappa shape index (κ1) is 16.5. The van der Waals surface area contributed by atoms with Gasteiger partial charge in [0, 0.05) is 18.9 Å². The summed E-state index contributed by atoms with van der Waals surface area (Å²) in [7, 11) is 0. The van der Waals surface area contributed by atoms with E-state index in [1.165, 1.54) is 0 Å². The summed E-state index contributed by atoms with van der Waals surface area (Å²) in [5.74, 6) is 2.22. The van der Waals surface area contributed by atoms with E-state index in [0.717, 1.165) is 25.1 Å². The summed E-state index contributed by atoms with van der Waals surface area (Å²) < 4.78 is 7.74. The zero-order chi connectivity index (χ0) is 17.8. The Kier molecular flexibility index (Phi) is 4.79. The first-order valence-electron chi connectivity index (χ1n) is 8.71. The predicted molar refractivity (Wildman–Crippen MR) is 96.9 cm³/mol. The van der Waals surface area contributed by atoms with E-state index in [2.05, 4.69) is 20.3 Å².